The summed E-state index contributed by atoms with van der Waals surface area (Å²) in [4.78, 5) is 24.4. The van der Waals surface area contributed by atoms with Gasteiger partial charge in [0, 0.05) is 29.8 Å². The van der Waals surface area contributed by atoms with Crippen LogP contribution in [0, 0.1) is 0 Å². The minimum absolute atomic E-state index is 0.261. The van der Waals surface area contributed by atoms with Crippen molar-refractivity contribution in [1.29, 1.82) is 0 Å². The van der Waals surface area contributed by atoms with E-state index < -0.39 is 0 Å². The molecular weight excluding hydrogens is 390 g/mol. The molecule has 31 heavy (non-hydrogen) atoms. The summed E-state index contributed by atoms with van der Waals surface area (Å²) in [7, 11) is 0. The van der Waals surface area contributed by atoms with Gasteiger partial charge in [0.05, 0.1) is 6.61 Å². The van der Waals surface area contributed by atoms with Crippen LogP contribution in [0.4, 0.5) is 0 Å². The summed E-state index contributed by atoms with van der Waals surface area (Å²) in [6.45, 7) is 22.9. The van der Waals surface area contributed by atoms with Crippen molar-refractivity contribution >= 4 is 11.9 Å². The van der Waals surface area contributed by atoms with Gasteiger partial charge in [0.1, 0.15) is 6.61 Å². The molecule has 0 amide bonds. The SMILES string of the molecule is C=C(C)C(=O)OCCCCCCCCCC.C=C(C)C(=O)OCCN(C(C)C)C(C)C. The van der Waals surface area contributed by atoms with E-state index in [1.165, 1.54) is 38.5 Å². The van der Waals surface area contributed by atoms with Crippen LogP contribution in [-0.4, -0.2) is 48.7 Å². The fraction of sp³-hybridized carbons (Fsp3) is 0.769. The lowest BCUT2D eigenvalue weighted by Gasteiger charge is -2.30. The van der Waals surface area contributed by atoms with E-state index in [2.05, 4.69) is 52.7 Å². The average molecular weight is 440 g/mol. The number of rotatable bonds is 16. The van der Waals surface area contributed by atoms with Crippen molar-refractivity contribution in [3.8, 4) is 0 Å². The van der Waals surface area contributed by atoms with Crippen LogP contribution in [0.1, 0.15) is 99.8 Å². The van der Waals surface area contributed by atoms with E-state index in [-0.39, 0.29) is 11.9 Å². The second kappa shape index (κ2) is 20.3. The van der Waals surface area contributed by atoms with E-state index >= 15 is 0 Å². The Morgan fingerprint density at radius 2 is 1.10 bits per heavy atom. The molecule has 0 aliphatic carbocycles. The Morgan fingerprint density at radius 1 is 0.710 bits per heavy atom. The Labute approximate surface area is 192 Å². The first-order valence-corrected chi connectivity index (χ1v) is 12.0. The third-order valence-electron chi connectivity index (χ3n) is 4.84. The second-order valence-electron chi connectivity index (χ2n) is 8.73. The van der Waals surface area contributed by atoms with Gasteiger partial charge in [-0.05, 0) is 48.0 Å². The molecule has 0 aliphatic rings. The summed E-state index contributed by atoms with van der Waals surface area (Å²) in [5.41, 5.74) is 0.940. The second-order valence-corrected chi connectivity index (χ2v) is 8.73. The highest BCUT2D eigenvalue weighted by Crippen LogP contribution is 2.08. The zero-order chi connectivity index (χ0) is 24.2. The largest absolute Gasteiger partial charge is 0.462 e. The molecule has 0 aromatic rings. The molecule has 0 bridgehead atoms. The Kier molecular flexibility index (Phi) is 20.7. The van der Waals surface area contributed by atoms with Gasteiger partial charge in [-0.3, -0.25) is 4.90 Å². The van der Waals surface area contributed by atoms with Gasteiger partial charge in [-0.15, -0.1) is 0 Å². The summed E-state index contributed by atoms with van der Waals surface area (Å²) in [5.74, 6) is -0.564. The molecular formula is C26H49NO4. The highest BCUT2D eigenvalue weighted by Gasteiger charge is 2.13. The lowest BCUT2D eigenvalue weighted by atomic mass is 10.1. The monoisotopic (exact) mass is 439 g/mol. The van der Waals surface area contributed by atoms with Crippen LogP contribution >= 0.6 is 0 Å². The molecule has 0 aromatic heterocycles. The van der Waals surface area contributed by atoms with Gasteiger partial charge in [-0.2, -0.15) is 0 Å². The van der Waals surface area contributed by atoms with Crippen molar-refractivity contribution in [2.45, 2.75) is 112 Å². The van der Waals surface area contributed by atoms with Gasteiger partial charge in [0.15, 0.2) is 0 Å². The predicted molar refractivity (Wildman–Crippen MR) is 131 cm³/mol. The summed E-state index contributed by atoms with van der Waals surface area (Å²) >= 11 is 0. The Bertz CT molecular complexity index is 504. The Balaban J connectivity index is 0. The molecule has 182 valence electrons. The fourth-order valence-electron chi connectivity index (χ4n) is 3.00. The normalized spacial score (nSPS) is 10.6. The van der Waals surface area contributed by atoms with Gasteiger partial charge in [-0.25, -0.2) is 9.59 Å². The Morgan fingerprint density at radius 3 is 1.48 bits per heavy atom. The van der Waals surface area contributed by atoms with Crippen molar-refractivity contribution in [1.82, 2.24) is 4.90 Å². The van der Waals surface area contributed by atoms with E-state index in [4.69, 9.17) is 9.47 Å². The molecule has 0 aromatic carbocycles. The number of nitrogens with zero attached hydrogens (tertiary/aromatic N) is 1. The van der Waals surface area contributed by atoms with E-state index in [1.54, 1.807) is 13.8 Å². The summed E-state index contributed by atoms with van der Waals surface area (Å²) < 4.78 is 10.1. The molecule has 0 fully saturated rings. The van der Waals surface area contributed by atoms with Crippen LogP contribution in [0.25, 0.3) is 0 Å². The van der Waals surface area contributed by atoms with Gasteiger partial charge in [0.2, 0.25) is 0 Å². The van der Waals surface area contributed by atoms with Crippen LogP contribution in [0.2, 0.25) is 0 Å². The van der Waals surface area contributed by atoms with Gasteiger partial charge in [-0.1, -0.05) is 65.0 Å². The standard InChI is InChI=1S/C14H26O2.C12H23NO2/c1-4-5-6-7-8-9-10-11-12-16-14(15)13(2)3;1-9(2)12(14)15-8-7-13(10(3)4)11(5)6/h2,4-12H2,1,3H3;10-11H,1,7-8H2,2-6H3. The lowest BCUT2D eigenvalue weighted by Crippen LogP contribution is -2.39. The molecule has 0 atom stereocenters. The maximum absolute atomic E-state index is 11.1. The quantitative estimate of drug-likeness (QED) is 0.157. The number of ether oxygens (including phenoxy) is 2. The molecule has 0 radical (unpaired) electrons. The molecule has 0 unspecified atom stereocenters. The minimum Gasteiger partial charge on any atom is -0.462 e. The van der Waals surface area contributed by atoms with E-state index in [0.29, 0.717) is 36.4 Å². The first-order valence-electron chi connectivity index (χ1n) is 12.0. The number of carbonyl (C=O) groups is 2. The summed E-state index contributed by atoms with van der Waals surface area (Å²) in [6, 6.07) is 0.932. The van der Waals surface area contributed by atoms with Crippen LogP contribution in [0.5, 0.6) is 0 Å². The fourth-order valence-corrected chi connectivity index (χ4v) is 3.00. The third-order valence-corrected chi connectivity index (χ3v) is 4.84. The summed E-state index contributed by atoms with van der Waals surface area (Å²) in [6.07, 6.45) is 10.1. The first kappa shape index (κ1) is 31.6. The van der Waals surface area contributed by atoms with Gasteiger partial charge >= 0.3 is 11.9 Å². The van der Waals surface area contributed by atoms with Crippen molar-refractivity contribution in [2.75, 3.05) is 19.8 Å². The number of esters is 2. The van der Waals surface area contributed by atoms with Crippen molar-refractivity contribution in [3.63, 3.8) is 0 Å². The topological polar surface area (TPSA) is 55.8 Å². The van der Waals surface area contributed by atoms with Crippen molar-refractivity contribution in [3.05, 3.63) is 24.3 Å². The van der Waals surface area contributed by atoms with E-state index in [9.17, 15) is 9.59 Å². The maximum atomic E-state index is 11.1. The molecule has 0 aliphatic heterocycles. The van der Waals surface area contributed by atoms with Gasteiger partial charge in [0.25, 0.3) is 0 Å². The predicted octanol–water partition coefficient (Wildman–Crippen LogP) is 6.47. The molecule has 5 nitrogen and oxygen atoms in total. The number of carbonyl (C=O) groups excluding carboxylic acids is 2. The minimum atomic E-state index is -0.303. The number of hydrogen-bond donors (Lipinski definition) is 0. The zero-order valence-corrected chi connectivity index (χ0v) is 21.4. The number of hydrogen-bond acceptors (Lipinski definition) is 5. The molecule has 0 N–H and O–H groups in total. The maximum Gasteiger partial charge on any atom is 0.333 e. The summed E-state index contributed by atoms with van der Waals surface area (Å²) in [5, 5.41) is 0. The number of unbranched alkanes of at least 4 members (excludes halogenated alkanes) is 7. The average Bonchev–Trinajstić information content (AvgIpc) is 2.69. The third kappa shape index (κ3) is 20.1. The van der Waals surface area contributed by atoms with Crippen molar-refractivity contribution < 1.29 is 19.1 Å². The molecule has 0 rings (SSSR count). The van der Waals surface area contributed by atoms with Crippen molar-refractivity contribution in [2.24, 2.45) is 0 Å². The lowest BCUT2D eigenvalue weighted by molar-refractivity contribution is -0.140. The van der Waals surface area contributed by atoms with E-state index in [0.717, 1.165) is 19.4 Å². The van der Waals surface area contributed by atoms with Crippen LogP contribution in [0.3, 0.4) is 0 Å². The Hall–Kier alpha value is -1.62. The van der Waals surface area contributed by atoms with E-state index in [1.807, 2.05) is 0 Å². The molecule has 0 saturated carbocycles. The van der Waals surface area contributed by atoms with Crippen LogP contribution in [-0.2, 0) is 19.1 Å². The smallest absolute Gasteiger partial charge is 0.333 e. The molecule has 0 spiro atoms. The highest BCUT2D eigenvalue weighted by atomic mass is 16.5. The zero-order valence-electron chi connectivity index (χ0n) is 21.4. The molecule has 0 saturated heterocycles. The van der Waals surface area contributed by atoms with Crippen LogP contribution in [0.15, 0.2) is 24.3 Å². The molecule has 5 heteroatoms. The van der Waals surface area contributed by atoms with Gasteiger partial charge < -0.3 is 9.47 Å². The first-order chi connectivity index (χ1) is 14.5. The molecule has 0 heterocycles. The van der Waals surface area contributed by atoms with Crippen LogP contribution < -0.4 is 0 Å². The highest BCUT2D eigenvalue weighted by molar-refractivity contribution is 5.87.